The summed E-state index contributed by atoms with van der Waals surface area (Å²) in [6, 6.07) is 17.1. The fourth-order valence-electron chi connectivity index (χ4n) is 3.20. The molecule has 1 saturated heterocycles. The van der Waals surface area contributed by atoms with Crippen LogP contribution in [0.1, 0.15) is 23.1 Å². The first-order valence-electron chi connectivity index (χ1n) is 8.77. The molecule has 0 bridgehead atoms. The van der Waals surface area contributed by atoms with Gasteiger partial charge in [0.25, 0.3) is 0 Å². The third-order valence-corrected chi connectivity index (χ3v) is 4.75. The number of nitrogens with zero attached hydrogens (tertiary/aromatic N) is 2. The van der Waals surface area contributed by atoms with Gasteiger partial charge in [-0.05, 0) is 43.5 Å². The van der Waals surface area contributed by atoms with Gasteiger partial charge in [-0.15, -0.1) is 0 Å². The summed E-state index contributed by atoms with van der Waals surface area (Å²) in [7, 11) is 0. The molecule has 0 spiro atoms. The van der Waals surface area contributed by atoms with Crippen molar-refractivity contribution >= 4 is 11.6 Å². The predicted molar refractivity (Wildman–Crippen MR) is 99.5 cm³/mol. The zero-order chi connectivity index (χ0) is 16.9. The Morgan fingerprint density at radius 1 is 0.917 bits per heavy atom. The van der Waals surface area contributed by atoms with Crippen molar-refractivity contribution < 1.29 is 4.79 Å². The summed E-state index contributed by atoms with van der Waals surface area (Å²) in [6.07, 6.45) is 1.44. The van der Waals surface area contributed by atoms with Gasteiger partial charge in [-0.25, -0.2) is 0 Å². The van der Waals surface area contributed by atoms with E-state index in [-0.39, 0.29) is 5.91 Å². The molecule has 0 aromatic heterocycles. The van der Waals surface area contributed by atoms with Gasteiger partial charge < -0.3 is 9.80 Å². The molecule has 0 aliphatic carbocycles. The Kier molecular flexibility index (Phi) is 5.19. The Hall–Kier alpha value is -2.29. The Morgan fingerprint density at radius 3 is 2.29 bits per heavy atom. The third kappa shape index (κ3) is 4.16. The lowest BCUT2D eigenvalue weighted by atomic mass is 10.1. The predicted octanol–water partition coefficient (Wildman–Crippen LogP) is 3.58. The van der Waals surface area contributed by atoms with E-state index in [0.29, 0.717) is 6.42 Å². The molecular formula is C21H26N2O. The minimum atomic E-state index is 0.277. The molecule has 1 heterocycles. The van der Waals surface area contributed by atoms with Gasteiger partial charge in [-0.2, -0.15) is 0 Å². The van der Waals surface area contributed by atoms with Crippen molar-refractivity contribution in [2.45, 2.75) is 26.7 Å². The van der Waals surface area contributed by atoms with Gasteiger partial charge in [0.15, 0.2) is 0 Å². The van der Waals surface area contributed by atoms with Crippen molar-refractivity contribution in [2.75, 3.05) is 31.1 Å². The van der Waals surface area contributed by atoms with E-state index in [1.165, 1.54) is 22.4 Å². The van der Waals surface area contributed by atoms with E-state index >= 15 is 0 Å². The average Bonchev–Trinajstić information content (AvgIpc) is 2.61. The minimum absolute atomic E-state index is 0.277. The van der Waals surface area contributed by atoms with E-state index in [0.717, 1.165) is 32.6 Å². The maximum atomic E-state index is 12.4. The molecule has 1 aliphatic rings. The second-order valence-electron chi connectivity index (χ2n) is 6.69. The number of rotatable bonds is 4. The highest BCUT2D eigenvalue weighted by Crippen LogP contribution is 2.18. The smallest absolute Gasteiger partial charge is 0.223 e. The molecule has 1 aliphatic heterocycles. The number of benzene rings is 2. The molecule has 126 valence electrons. The largest absolute Gasteiger partial charge is 0.368 e. The third-order valence-electron chi connectivity index (χ3n) is 4.75. The maximum Gasteiger partial charge on any atom is 0.223 e. The van der Waals surface area contributed by atoms with E-state index in [9.17, 15) is 4.79 Å². The van der Waals surface area contributed by atoms with Crippen molar-refractivity contribution in [3.8, 4) is 0 Å². The van der Waals surface area contributed by atoms with Crippen LogP contribution in [0.3, 0.4) is 0 Å². The van der Waals surface area contributed by atoms with Crippen LogP contribution in [0.2, 0.25) is 0 Å². The molecule has 3 nitrogen and oxygen atoms in total. The SMILES string of the molecule is Cc1ccc(CCC(=O)N2CCN(c3cccc(C)c3)CC2)cc1. The van der Waals surface area contributed by atoms with Gasteiger partial charge in [-0.3, -0.25) is 4.79 Å². The number of piperazine rings is 1. The highest BCUT2D eigenvalue weighted by atomic mass is 16.2. The first-order valence-corrected chi connectivity index (χ1v) is 8.77. The van der Waals surface area contributed by atoms with E-state index in [1.54, 1.807) is 0 Å². The van der Waals surface area contributed by atoms with Gasteiger partial charge in [0.05, 0.1) is 0 Å². The zero-order valence-corrected chi connectivity index (χ0v) is 14.7. The minimum Gasteiger partial charge on any atom is -0.368 e. The molecule has 0 atom stereocenters. The number of carbonyl (C=O) groups is 1. The highest BCUT2D eigenvalue weighted by molar-refractivity contribution is 5.76. The van der Waals surface area contributed by atoms with Crippen molar-refractivity contribution in [3.63, 3.8) is 0 Å². The van der Waals surface area contributed by atoms with Crippen LogP contribution in [-0.4, -0.2) is 37.0 Å². The normalized spacial score (nSPS) is 14.8. The molecule has 3 heteroatoms. The lowest BCUT2D eigenvalue weighted by molar-refractivity contribution is -0.131. The Bertz CT molecular complexity index is 685. The number of aryl methyl sites for hydroxylation is 3. The second kappa shape index (κ2) is 7.52. The molecule has 0 radical (unpaired) electrons. The maximum absolute atomic E-state index is 12.4. The van der Waals surface area contributed by atoms with Crippen molar-refractivity contribution in [3.05, 3.63) is 65.2 Å². The quantitative estimate of drug-likeness (QED) is 0.859. The second-order valence-corrected chi connectivity index (χ2v) is 6.69. The summed E-state index contributed by atoms with van der Waals surface area (Å²) in [5.41, 5.74) is 5.05. The summed E-state index contributed by atoms with van der Waals surface area (Å²) in [5.74, 6) is 0.277. The van der Waals surface area contributed by atoms with Gasteiger partial charge in [0.2, 0.25) is 5.91 Å². The van der Waals surface area contributed by atoms with E-state index in [4.69, 9.17) is 0 Å². The van der Waals surface area contributed by atoms with Crippen molar-refractivity contribution in [2.24, 2.45) is 0 Å². The number of hydrogen-bond donors (Lipinski definition) is 0. The Balaban J connectivity index is 1.49. The first-order chi connectivity index (χ1) is 11.6. The number of amides is 1. The first kappa shape index (κ1) is 16.6. The van der Waals surface area contributed by atoms with Crippen LogP contribution in [0.5, 0.6) is 0 Å². The van der Waals surface area contributed by atoms with Crippen LogP contribution >= 0.6 is 0 Å². The molecule has 2 aromatic rings. The van der Waals surface area contributed by atoms with Gasteiger partial charge in [0.1, 0.15) is 0 Å². The molecule has 0 unspecified atom stereocenters. The molecule has 1 amide bonds. The lowest BCUT2D eigenvalue weighted by Crippen LogP contribution is -2.48. The summed E-state index contributed by atoms with van der Waals surface area (Å²) in [4.78, 5) is 16.8. The van der Waals surface area contributed by atoms with Crippen molar-refractivity contribution in [1.29, 1.82) is 0 Å². The van der Waals surface area contributed by atoms with Gasteiger partial charge in [0, 0.05) is 38.3 Å². The summed E-state index contributed by atoms with van der Waals surface area (Å²) < 4.78 is 0. The number of carbonyl (C=O) groups excluding carboxylic acids is 1. The van der Waals surface area contributed by atoms with E-state index in [1.807, 2.05) is 4.90 Å². The van der Waals surface area contributed by atoms with E-state index < -0.39 is 0 Å². The topological polar surface area (TPSA) is 23.6 Å². The van der Waals surface area contributed by atoms with Gasteiger partial charge in [-0.1, -0.05) is 42.0 Å². The van der Waals surface area contributed by atoms with Crippen LogP contribution in [0.4, 0.5) is 5.69 Å². The fraction of sp³-hybridized carbons (Fsp3) is 0.381. The van der Waals surface area contributed by atoms with Crippen molar-refractivity contribution in [1.82, 2.24) is 4.90 Å². The lowest BCUT2D eigenvalue weighted by Gasteiger charge is -2.36. The Labute approximate surface area is 144 Å². The molecule has 0 saturated carbocycles. The Morgan fingerprint density at radius 2 is 1.62 bits per heavy atom. The van der Waals surface area contributed by atoms with Crippen LogP contribution in [-0.2, 0) is 11.2 Å². The van der Waals surface area contributed by atoms with Crippen LogP contribution in [0.25, 0.3) is 0 Å². The molecule has 2 aromatic carbocycles. The summed E-state index contributed by atoms with van der Waals surface area (Å²) in [5, 5.41) is 0. The molecule has 1 fully saturated rings. The molecule has 0 N–H and O–H groups in total. The van der Waals surface area contributed by atoms with Gasteiger partial charge >= 0.3 is 0 Å². The van der Waals surface area contributed by atoms with Crippen LogP contribution in [0.15, 0.2) is 48.5 Å². The summed E-state index contributed by atoms with van der Waals surface area (Å²) in [6.45, 7) is 7.68. The molecular weight excluding hydrogens is 296 g/mol. The van der Waals surface area contributed by atoms with Crippen LogP contribution in [0, 0.1) is 13.8 Å². The van der Waals surface area contributed by atoms with E-state index in [2.05, 4.69) is 67.3 Å². The highest BCUT2D eigenvalue weighted by Gasteiger charge is 2.21. The number of hydrogen-bond acceptors (Lipinski definition) is 2. The van der Waals surface area contributed by atoms with Crippen LogP contribution < -0.4 is 4.90 Å². The standard InChI is InChI=1S/C21H26N2O/c1-17-6-8-19(9-7-17)10-11-21(24)23-14-12-22(13-15-23)20-5-3-4-18(2)16-20/h3-9,16H,10-15H2,1-2H3. The monoisotopic (exact) mass is 322 g/mol. The zero-order valence-electron chi connectivity index (χ0n) is 14.7. The molecule has 24 heavy (non-hydrogen) atoms. The summed E-state index contributed by atoms with van der Waals surface area (Å²) >= 11 is 0. The average molecular weight is 322 g/mol. The molecule has 3 rings (SSSR count). The fourth-order valence-corrected chi connectivity index (χ4v) is 3.20. The number of anilines is 1.